The average Bonchev–Trinajstić information content (AvgIpc) is 3.03. The van der Waals surface area contributed by atoms with Gasteiger partial charge in [-0.2, -0.15) is 0 Å². The second-order valence-electron chi connectivity index (χ2n) is 5.53. The lowest BCUT2D eigenvalue weighted by Gasteiger charge is -2.11. The van der Waals surface area contributed by atoms with Crippen molar-refractivity contribution < 1.29 is 13.9 Å². The summed E-state index contributed by atoms with van der Waals surface area (Å²) < 4.78 is 24.7. The van der Waals surface area contributed by atoms with E-state index in [1.54, 1.807) is 6.20 Å². The minimum Gasteiger partial charge on any atom is -0.377 e. The number of nitrogens with one attached hydrogen (secondary N) is 1. The first-order chi connectivity index (χ1) is 10.8. The molecule has 22 heavy (non-hydrogen) atoms. The number of fused-ring (bicyclic) bond motifs is 1. The highest BCUT2D eigenvalue weighted by atomic mass is 19.1. The van der Waals surface area contributed by atoms with E-state index in [0.717, 1.165) is 42.5 Å². The molecule has 0 radical (unpaired) electrons. The van der Waals surface area contributed by atoms with Crippen LogP contribution < -0.4 is 5.32 Å². The van der Waals surface area contributed by atoms with Crippen LogP contribution in [0, 0.1) is 5.82 Å². The molecular weight excluding hydrogens is 283 g/mol. The Morgan fingerprint density at radius 3 is 3.23 bits per heavy atom. The standard InChI is InChI=1S/C17H21FN2O2/c18-15-9-13-3-1-5-20-17(13)14(10-15)11-19-6-8-21-12-16-4-2-7-22-16/h1,3,5,9-10,16,19H,2,4,6-8,11-12H2/t16-/m0/s1. The minimum absolute atomic E-state index is 0.230. The van der Waals surface area contributed by atoms with Gasteiger partial charge in [0.25, 0.3) is 0 Å². The molecule has 0 spiro atoms. The lowest BCUT2D eigenvalue weighted by molar-refractivity contribution is 0.0183. The summed E-state index contributed by atoms with van der Waals surface area (Å²) in [5, 5.41) is 4.10. The van der Waals surface area contributed by atoms with Crippen LogP contribution in [-0.4, -0.2) is 37.5 Å². The Hall–Kier alpha value is -1.56. The Labute approximate surface area is 129 Å². The molecule has 1 fully saturated rings. The maximum absolute atomic E-state index is 13.6. The van der Waals surface area contributed by atoms with Gasteiger partial charge in [-0.25, -0.2) is 4.39 Å². The van der Waals surface area contributed by atoms with Crippen LogP contribution in [0.25, 0.3) is 10.9 Å². The van der Waals surface area contributed by atoms with Gasteiger partial charge in [-0.05, 0) is 36.6 Å². The molecule has 1 saturated heterocycles. The number of rotatable bonds is 7. The van der Waals surface area contributed by atoms with Crippen molar-refractivity contribution >= 4 is 10.9 Å². The maximum atomic E-state index is 13.6. The third-order valence-corrected chi connectivity index (χ3v) is 3.81. The van der Waals surface area contributed by atoms with E-state index in [-0.39, 0.29) is 11.9 Å². The van der Waals surface area contributed by atoms with Gasteiger partial charge in [-0.15, -0.1) is 0 Å². The molecule has 1 aliphatic rings. The van der Waals surface area contributed by atoms with Gasteiger partial charge >= 0.3 is 0 Å². The van der Waals surface area contributed by atoms with E-state index in [1.165, 1.54) is 12.1 Å². The van der Waals surface area contributed by atoms with Crippen molar-refractivity contribution in [2.45, 2.75) is 25.5 Å². The first-order valence-corrected chi connectivity index (χ1v) is 7.76. The van der Waals surface area contributed by atoms with Gasteiger partial charge in [-0.1, -0.05) is 6.07 Å². The van der Waals surface area contributed by atoms with Gasteiger partial charge in [0.1, 0.15) is 5.82 Å². The molecule has 4 nitrogen and oxygen atoms in total. The Kier molecular flexibility index (Phi) is 5.32. The fraction of sp³-hybridized carbons (Fsp3) is 0.471. The molecule has 0 bridgehead atoms. The Bertz CT molecular complexity index is 615. The van der Waals surface area contributed by atoms with E-state index in [1.807, 2.05) is 12.1 Å². The minimum atomic E-state index is -0.230. The number of pyridine rings is 1. The van der Waals surface area contributed by atoms with Crippen LogP contribution in [0.15, 0.2) is 30.5 Å². The lowest BCUT2D eigenvalue weighted by Crippen LogP contribution is -2.22. The highest BCUT2D eigenvalue weighted by Crippen LogP contribution is 2.18. The van der Waals surface area contributed by atoms with Gasteiger partial charge in [0.2, 0.25) is 0 Å². The molecule has 0 unspecified atom stereocenters. The molecule has 0 saturated carbocycles. The molecule has 1 aromatic carbocycles. The van der Waals surface area contributed by atoms with Gasteiger partial charge in [0, 0.05) is 31.3 Å². The molecule has 1 atom stereocenters. The van der Waals surface area contributed by atoms with Gasteiger partial charge in [0.05, 0.1) is 24.8 Å². The lowest BCUT2D eigenvalue weighted by atomic mass is 10.1. The Balaban J connectivity index is 1.45. The van der Waals surface area contributed by atoms with Crippen LogP contribution >= 0.6 is 0 Å². The summed E-state index contributed by atoms with van der Waals surface area (Å²) in [6.45, 7) is 3.44. The number of aromatic nitrogens is 1. The zero-order valence-electron chi connectivity index (χ0n) is 12.6. The molecular formula is C17H21FN2O2. The summed E-state index contributed by atoms with van der Waals surface area (Å²) in [5.74, 6) is -0.230. The quantitative estimate of drug-likeness (QED) is 0.799. The predicted molar refractivity (Wildman–Crippen MR) is 83.2 cm³/mol. The molecule has 118 valence electrons. The second-order valence-corrected chi connectivity index (χ2v) is 5.53. The SMILES string of the molecule is Fc1cc(CNCCOC[C@@H]2CCCO2)c2ncccc2c1. The van der Waals surface area contributed by atoms with Crippen molar-refractivity contribution in [3.63, 3.8) is 0 Å². The smallest absolute Gasteiger partial charge is 0.124 e. The third kappa shape index (κ3) is 4.00. The fourth-order valence-corrected chi connectivity index (χ4v) is 2.72. The Morgan fingerprint density at radius 1 is 1.41 bits per heavy atom. The molecule has 0 amide bonds. The van der Waals surface area contributed by atoms with E-state index in [4.69, 9.17) is 9.47 Å². The van der Waals surface area contributed by atoms with E-state index in [2.05, 4.69) is 10.3 Å². The number of hydrogen-bond donors (Lipinski definition) is 1. The van der Waals surface area contributed by atoms with Crippen LogP contribution in [0.1, 0.15) is 18.4 Å². The zero-order chi connectivity index (χ0) is 15.2. The van der Waals surface area contributed by atoms with E-state index in [9.17, 15) is 4.39 Å². The number of benzene rings is 1. The summed E-state index contributed by atoms with van der Waals surface area (Å²) in [6, 6.07) is 6.74. The van der Waals surface area contributed by atoms with Crippen molar-refractivity contribution in [3.8, 4) is 0 Å². The van der Waals surface area contributed by atoms with Crippen LogP contribution in [0.3, 0.4) is 0 Å². The predicted octanol–water partition coefficient (Wildman–Crippen LogP) is 2.66. The summed E-state index contributed by atoms with van der Waals surface area (Å²) in [5.41, 5.74) is 1.71. The molecule has 2 heterocycles. The van der Waals surface area contributed by atoms with Gasteiger partial charge in [0.15, 0.2) is 0 Å². The van der Waals surface area contributed by atoms with Crippen LogP contribution in [0.4, 0.5) is 4.39 Å². The van der Waals surface area contributed by atoms with Crippen molar-refractivity contribution in [2.75, 3.05) is 26.4 Å². The highest BCUT2D eigenvalue weighted by Gasteiger charge is 2.14. The number of hydrogen-bond acceptors (Lipinski definition) is 4. The first kappa shape index (κ1) is 15.3. The van der Waals surface area contributed by atoms with Crippen LogP contribution in [0.5, 0.6) is 0 Å². The topological polar surface area (TPSA) is 43.4 Å². The van der Waals surface area contributed by atoms with Gasteiger partial charge in [-0.3, -0.25) is 4.98 Å². The summed E-state index contributed by atoms with van der Waals surface area (Å²) in [4.78, 5) is 4.34. The number of ether oxygens (including phenoxy) is 2. The normalized spacial score (nSPS) is 18.1. The number of nitrogens with zero attached hydrogens (tertiary/aromatic N) is 1. The maximum Gasteiger partial charge on any atom is 0.124 e. The summed E-state index contributed by atoms with van der Waals surface area (Å²) >= 11 is 0. The van der Waals surface area contributed by atoms with Crippen LogP contribution in [0.2, 0.25) is 0 Å². The monoisotopic (exact) mass is 304 g/mol. The molecule has 0 aliphatic carbocycles. The zero-order valence-corrected chi connectivity index (χ0v) is 12.6. The van der Waals surface area contributed by atoms with E-state index < -0.39 is 0 Å². The van der Waals surface area contributed by atoms with Crippen molar-refractivity contribution in [1.29, 1.82) is 0 Å². The molecule has 1 aliphatic heterocycles. The molecule has 2 aromatic rings. The van der Waals surface area contributed by atoms with Gasteiger partial charge < -0.3 is 14.8 Å². The highest BCUT2D eigenvalue weighted by molar-refractivity contribution is 5.81. The molecule has 5 heteroatoms. The van der Waals surface area contributed by atoms with Crippen molar-refractivity contribution in [2.24, 2.45) is 0 Å². The summed E-state index contributed by atoms with van der Waals surface area (Å²) in [7, 11) is 0. The molecule has 1 N–H and O–H groups in total. The van der Waals surface area contributed by atoms with Crippen LogP contribution in [-0.2, 0) is 16.0 Å². The number of halogens is 1. The largest absolute Gasteiger partial charge is 0.377 e. The Morgan fingerprint density at radius 2 is 2.36 bits per heavy atom. The van der Waals surface area contributed by atoms with E-state index >= 15 is 0 Å². The average molecular weight is 304 g/mol. The summed E-state index contributed by atoms with van der Waals surface area (Å²) in [6.07, 6.45) is 4.21. The van der Waals surface area contributed by atoms with E-state index in [0.29, 0.717) is 19.8 Å². The van der Waals surface area contributed by atoms with Crippen molar-refractivity contribution in [1.82, 2.24) is 10.3 Å². The fourth-order valence-electron chi connectivity index (χ4n) is 2.72. The third-order valence-electron chi connectivity index (χ3n) is 3.81. The first-order valence-electron chi connectivity index (χ1n) is 7.76. The second kappa shape index (κ2) is 7.63. The molecule has 3 rings (SSSR count). The molecule has 1 aromatic heterocycles. The van der Waals surface area contributed by atoms with Crippen molar-refractivity contribution in [3.05, 3.63) is 41.8 Å².